The topological polar surface area (TPSA) is 67.2 Å². The second-order valence-electron chi connectivity index (χ2n) is 4.28. The van der Waals surface area contributed by atoms with Crippen molar-refractivity contribution in [3.8, 4) is 0 Å². The fraction of sp³-hybridized carbons (Fsp3) is 0.727. The van der Waals surface area contributed by atoms with Crippen molar-refractivity contribution >= 4 is 6.03 Å². The van der Waals surface area contributed by atoms with Gasteiger partial charge in [-0.15, -0.1) is 6.58 Å². The van der Waals surface area contributed by atoms with Gasteiger partial charge in [0.05, 0.1) is 0 Å². The fourth-order valence-electron chi connectivity index (χ4n) is 1.92. The third-order valence-electron chi connectivity index (χ3n) is 2.86. The van der Waals surface area contributed by atoms with Gasteiger partial charge < -0.3 is 16.4 Å². The van der Waals surface area contributed by atoms with E-state index >= 15 is 0 Å². The molecule has 0 atom stereocenters. The van der Waals surface area contributed by atoms with Crippen molar-refractivity contribution in [1.82, 2.24) is 10.6 Å². The van der Waals surface area contributed by atoms with Crippen LogP contribution in [0, 0.1) is 0 Å². The predicted octanol–water partition coefficient (Wildman–Crippen LogP) is 1.13. The van der Waals surface area contributed by atoms with Crippen molar-refractivity contribution < 1.29 is 4.79 Å². The number of urea groups is 1. The molecular formula is C11H21N3O. The molecule has 15 heavy (non-hydrogen) atoms. The summed E-state index contributed by atoms with van der Waals surface area (Å²) in [6.07, 6.45) is 7.28. The van der Waals surface area contributed by atoms with Gasteiger partial charge in [-0.3, -0.25) is 0 Å². The lowest BCUT2D eigenvalue weighted by molar-refractivity contribution is 0.231. The summed E-state index contributed by atoms with van der Waals surface area (Å²) in [6, 6.07) is -0.162. The van der Waals surface area contributed by atoms with Gasteiger partial charge >= 0.3 is 6.03 Å². The molecule has 0 aromatic carbocycles. The van der Waals surface area contributed by atoms with E-state index in [0.717, 1.165) is 12.8 Å². The average molecular weight is 211 g/mol. The van der Waals surface area contributed by atoms with Crippen molar-refractivity contribution in [1.29, 1.82) is 0 Å². The zero-order chi connectivity index (χ0) is 11.1. The van der Waals surface area contributed by atoms with Crippen molar-refractivity contribution in [2.24, 2.45) is 5.73 Å². The van der Waals surface area contributed by atoms with Crippen LogP contribution in [0.5, 0.6) is 0 Å². The van der Waals surface area contributed by atoms with E-state index in [4.69, 9.17) is 5.73 Å². The maximum atomic E-state index is 11.3. The summed E-state index contributed by atoms with van der Waals surface area (Å²) in [5, 5.41) is 5.47. The van der Waals surface area contributed by atoms with E-state index < -0.39 is 0 Å². The Bertz CT molecular complexity index is 222. The summed E-state index contributed by atoms with van der Waals surface area (Å²) >= 11 is 0. The van der Waals surface area contributed by atoms with Crippen molar-refractivity contribution in [2.75, 3.05) is 13.1 Å². The fourth-order valence-corrected chi connectivity index (χ4v) is 1.92. The first kappa shape index (κ1) is 12.0. The van der Waals surface area contributed by atoms with E-state index in [1.807, 2.05) is 0 Å². The molecular weight excluding hydrogens is 190 g/mol. The molecule has 1 aliphatic rings. The van der Waals surface area contributed by atoms with Crippen molar-refractivity contribution in [3.05, 3.63) is 12.7 Å². The van der Waals surface area contributed by atoms with Gasteiger partial charge in [-0.25, -0.2) is 4.79 Å². The molecule has 2 amide bonds. The summed E-state index contributed by atoms with van der Waals surface area (Å²) in [6.45, 7) is 4.58. The Kier molecular flexibility index (Phi) is 4.62. The van der Waals surface area contributed by atoms with Crippen LogP contribution in [0.4, 0.5) is 4.79 Å². The summed E-state index contributed by atoms with van der Waals surface area (Å²) in [5.74, 6) is 0. The highest BCUT2D eigenvalue weighted by Gasteiger charge is 2.27. The molecule has 1 aliphatic carbocycles. The summed E-state index contributed by atoms with van der Waals surface area (Å²) in [5.41, 5.74) is 5.98. The van der Waals surface area contributed by atoms with Crippen molar-refractivity contribution in [3.63, 3.8) is 0 Å². The minimum Gasteiger partial charge on any atom is -0.336 e. The molecule has 4 N–H and O–H groups in total. The number of hydrogen-bond acceptors (Lipinski definition) is 2. The number of carbonyl (C=O) groups excluding carboxylic acids is 1. The largest absolute Gasteiger partial charge is 0.336 e. The minimum atomic E-state index is -0.191. The first-order valence-corrected chi connectivity index (χ1v) is 5.58. The van der Waals surface area contributed by atoms with Crippen LogP contribution < -0.4 is 16.4 Å². The highest BCUT2D eigenvalue weighted by Crippen LogP contribution is 2.24. The Balaban J connectivity index is 2.22. The van der Waals surface area contributed by atoms with Crippen LogP contribution in [-0.4, -0.2) is 24.7 Å². The van der Waals surface area contributed by atoms with Gasteiger partial charge in [-0.2, -0.15) is 0 Å². The van der Waals surface area contributed by atoms with Crippen LogP contribution in [0.2, 0.25) is 0 Å². The van der Waals surface area contributed by atoms with E-state index in [1.54, 1.807) is 6.08 Å². The molecule has 4 nitrogen and oxygen atoms in total. The third kappa shape index (κ3) is 4.34. The maximum Gasteiger partial charge on any atom is 0.315 e. The minimum absolute atomic E-state index is 0.162. The highest BCUT2D eigenvalue weighted by atomic mass is 16.2. The van der Waals surface area contributed by atoms with Gasteiger partial charge in [0.1, 0.15) is 0 Å². The second kappa shape index (κ2) is 5.75. The number of carbonyl (C=O) groups is 1. The second-order valence-corrected chi connectivity index (χ2v) is 4.28. The average Bonchev–Trinajstić information content (AvgIpc) is 2.25. The SMILES string of the molecule is C=CCNC(=O)NCC1(N)CCCCC1. The number of amides is 2. The van der Waals surface area contributed by atoms with Crippen LogP contribution in [0.25, 0.3) is 0 Å². The van der Waals surface area contributed by atoms with Gasteiger partial charge in [0.2, 0.25) is 0 Å². The summed E-state index contributed by atoms with van der Waals surface area (Å²) in [7, 11) is 0. The van der Waals surface area contributed by atoms with E-state index in [9.17, 15) is 4.79 Å². The molecule has 4 heteroatoms. The van der Waals surface area contributed by atoms with Crippen LogP contribution >= 0.6 is 0 Å². The van der Waals surface area contributed by atoms with E-state index in [-0.39, 0.29) is 11.6 Å². The number of nitrogens with two attached hydrogens (primary N) is 1. The lowest BCUT2D eigenvalue weighted by Gasteiger charge is -2.33. The Morgan fingerprint density at radius 2 is 2.00 bits per heavy atom. The van der Waals surface area contributed by atoms with E-state index in [2.05, 4.69) is 17.2 Å². The first-order chi connectivity index (χ1) is 7.16. The molecule has 0 aromatic heterocycles. The quantitative estimate of drug-likeness (QED) is 0.610. The lowest BCUT2D eigenvalue weighted by Crippen LogP contribution is -2.53. The van der Waals surface area contributed by atoms with Gasteiger partial charge in [-0.05, 0) is 12.8 Å². The maximum absolute atomic E-state index is 11.3. The molecule has 0 radical (unpaired) electrons. The number of nitrogens with one attached hydrogen (secondary N) is 2. The molecule has 0 heterocycles. The van der Waals surface area contributed by atoms with E-state index in [0.29, 0.717) is 13.1 Å². The Hall–Kier alpha value is -1.03. The van der Waals surface area contributed by atoms with Gasteiger partial charge in [-0.1, -0.05) is 25.3 Å². The van der Waals surface area contributed by atoms with Gasteiger partial charge in [0.25, 0.3) is 0 Å². The van der Waals surface area contributed by atoms with E-state index in [1.165, 1.54) is 19.3 Å². The molecule has 0 aliphatic heterocycles. The molecule has 0 saturated heterocycles. The zero-order valence-electron chi connectivity index (χ0n) is 9.22. The van der Waals surface area contributed by atoms with Crippen LogP contribution in [-0.2, 0) is 0 Å². The molecule has 1 rings (SSSR count). The molecule has 0 aromatic rings. The normalized spacial score (nSPS) is 19.3. The lowest BCUT2D eigenvalue weighted by atomic mass is 9.82. The third-order valence-corrected chi connectivity index (χ3v) is 2.86. The summed E-state index contributed by atoms with van der Waals surface area (Å²) < 4.78 is 0. The molecule has 1 saturated carbocycles. The summed E-state index contributed by atoms with van der Waals surface area (Å²) in [4.78, 5) is 11.3. The molecule has 0 spiro atoms. The van der Waals surface area contributed by atoms with Crippen LogP contribution in [0.3, 0.4) is 0 Å². The molecule has 1 fully saturated rings. The van der Waals surface area contributed by atoms with Gasteiger partial charge in [0, 0.05) is 18.6 Å². The predicted molar refractivity (Wildman–Crippen MR) is 61.6 cm³/mol. The standard InChI is InChI=1S/C11H21N3O/c1-2-8-13-10(15)14-9-11(12)6-4-3-5-7-11/h2H,1,3-9,12H2,(H2,13,14,15). The zero-order valence-corrected chi connectivity index (χ0v) is 9.22. The Labute approximate surface area is 91.3 Å². The number of hydrogen-bond donors (Lipinski definition) is 3. The van der Waals surface area contributed by atoms with Crippen molar-refractivity contribution in [2.45, 2.75) is 37.6 Å². The highest BCUT2D eigenvalue weighted by molar-refractivity contribution is 5.74. The number of rotatable bonds is 4. The van der Waals surface area contributed by atoms with Crippen LogP contribution in [0.15, 0.2) is 12.7 Å². The monoisotopic (exact) mass is 211 g/mol. The first-order valence-electron chi connectivity index (χ1n) is 5.58. The van der Waals surface area contributed by atoms with Gasteiger partial charge in [0.15, 0.2) is 0 Å². The van der Waals surface area contributed by atoms with Crippen LogP contribution in [0.1, 0.15) is 32.1 Å². The Morgan fingerprint density at radius 1 is 1.33 bits per heavy atom. The molecule has 0 bridgehead atoms. The molecule has 86 valence electrons. The molecule has 0 unspecified atom stereocenters. The smallest absolute Gasteiger partial charge is 0.315 e. The Morgan fingerprint density at radius 3 is 2.60 bits per heavy atom.